The molecule has 11 heavy (non-hydrogen) atoms. The predicted octanol–water partition coefficient (Wildman–Crippen LogP) is 0.998. The van der Waals surface area contributed by atoms with Crippen LogP contribution in [-0.4, -0.2) is 21.5 Å². The summed E-state index contributed by atoms with van der Waals surface area (Å²) >= 11 is 5.75. The second kappa shape index (κ2) is 3.74. The van der Waals surface area contributed by atoms with Gasteiger partial charge in [0.25, 0.3) is 0 Å². The molecule has 0 atom stereocenters. The van der Waals surface area contributed by atoms with Crippen LogP contribution in [0.25, 0.3) is 0 Å². The molecule has 1 rings (SSSR count). The minimum Gasteiger partial charge on any atom is -0.396 e. The van der Waals surface area contributed by atoms with Crippen LogP contribution in [0.15, 0.2) is 6.07 Å². The monoisotopic (exact) mass is 174 g/mol. The van der Waals surface area contributed by atoms with Crippen molar-refractivity contribution in [2.24, 2.45) is 7.05 Å². The molecule has 0 amide bonds. The third kappa shape index (κ3) is 2.20. The Morgan fingerprint density at radius 2 is 2.45 bits per heavy atom. The number of aliphatic hydroxyl groups excluding tert-OH is 1. The van der Waals surface area contributed by atoms with E-state index in [-0.39, 0.29) is 6.61 Å². The number of halogens is 1. The molecule has 1 heterocycles. The molecule has 0 radical (unpaired) electrons. The Labute approximate surface area is 70.6 Å². The summed E-state index contributed by atoms with van der Waals surface area (Å²) in [6.45, 7) is 0.203. The fourth-order valence-corrected chi connectivity index (χ4v) is 1.05. The number of hydrogen-bond acceptors (Lipinski definition) is 2. The van der Waals surface area contributed by atoms with Crippen molar-refractivity contribution in [2.45, 2.75) is 12.8 Å². The summed E-state index contributed by atoms with van der Waals surface area (Å²) in [5.41, 5.74) is 0.937. The van der Waals surface area contributed by atoms with E-state index in [9.17, 15) is 0 Å². The molecule has 0 fully saturated rings. The molecule has 0 aliphatic heterocycles. The lowest BCUT2D eigenvalue weighted by atomic mass is 10.2. The molecule has 0 aliphatic carbocycles. The number of rotatable bonds is 3. The van der Waals surface area contributed by atoms with Crippen LogP contribution in [0.5, 0.6) is 0 Å². The van der Waals surface area contributed by atoms with Gasteiger partial charge < -0.3 is 5.11 Å². The lowest BCUT2D eigenvalue weighted by molar-refractivity contribution is 0.288. The van der Waals surface area contributed by atoms with Gasteiger partial charge in [-0.3, -0.25) is 4.68 Å². The number of hydrogen-bond donors (Lipinski definition) is 1. The molecule has 0 aliphatic rings. The Hall–Kier alpha value is -0.540. The van der Waals surface area contributed by atoms with Gasteiger partial charge in [-0.2, -0.15) is 5.10 Å². The van der Waals surface area contributed by atoms with E-state index < -0.39 is 0 Å². The quantitative estimate of drug-likeness (QED) is 0.743. The van der Waals surface area contributed by atoms with E-state index in [1.54, 1.807) is 11.7 Å². The third-order valence-corrected chi connectivity index (χ3v) is 1.82. The molecule has 0 aromatic carbocycles. The van der Waals surface area contributed by atoms with Gasteiger partial charge >= 0.3 is 0 Å². The van der Waals surface area contributed by atoms with Crippen LogP contribution in [0.3, 0.4) is 0 Å². The Morgan fingerprint density at radius 3 is 2.91 bits per heavy atom. The first-order chi connectivity index (χ1) is 5.24. The largest absolute Gasteiger partial charge is 0.396 e. The number of aryl methyl sites for hydroxylation is 2. The smallest absolute Gasteiger partial charge is 0.126 e. The van der Waals surface area contributed by atoms with E-state index >= 15 is 0 Å². The van der Waals surface area contributed by atoms with Gasteiger partial charge in [0.15, 0.2) is 0 Å². The van der Waals surface area contributed by atoms with Crippen molar-refractivity contribution in [3.8, 4) is 0 Å². The maximum Gasteiger partial charge on any atom is 0.126 e. The fourth-order valence-electron chi connectivity index (χ4n) is 0.883. The van der Waals surface area contributed by atoms with Crippen molar-refractivity contribution in [1.29, 1.82) is 0 Å². The van der Waals surface area contributed by atoms with Gasteiger partial charge in [-0.1, -0.05) is 11.6 Å². The molecule has 0 saturated carbocycles. The zero-order chi connectivity index (χ0) is 8.27. The van der Waals surface area contributed by atoms with Crippen molar-refractivity contribution in [2.75, 3.05) is 6.61 Å². The summed E-state index contributed by atoms with van der Waals surface area (Å²) in [5.74, 6) is 0. The Bertz CT molecular complexity index is 215. The lowest BCUT2D eigenvalue weighted by Crippen LogP contribution is -1.93. The normalized spacial score (nSPS) is 10.5. The van der Waals surface area contributed by atoms with E-state index in [1.165, 1.54) is 0 Å². The van der Waals surface area contributed by atoms with E-state index in [1.807, 2.05) is 6.07 Å². The van der Waals surface area contributed by atoms with Gasteiger partial charge in [-0.05, 0) is 18.9 Å². The highest BCUT2D eigenvalue weighted by atomic mass is 35.5. The molecule has 0 unspecified atom stereocenters. The minimum atomic E-state index is 0.203. The van der Waals surface area contributed by atoms with Crippen LogP contribution >= 0.6 is 11.6 Å². The number of nitrogens with zero attached hydrogens (tertiary/aromatic N) is 2. The molecule has 4 heteroatoms. The number of aliphatic hydroxyl groups is 1. The maximum absolute atomic E-state index is 8.54. The molecule has 62 valence electrons. The first-order valence-electron chi connectivity index (χ1n) is 3.53. The van der Waals surface area contributed by atoms with Crippen LogP contribution in [0.2, 0.25) is 5.15 Å². The van der Waals surface area contributed by atoms with Crippen molar-refractivity contribution < 1.29 is 5.11 Å². The summed E-state index contributed by atoms with van der Waals surface area (Å²) in [4.78, 5) is 0. The predicted molar refractivity (Wildman–Crippen MR) is 43.6 cm³/mol. The van der Waals surface area contributed by atoms with Crippen LogP contribution < -0.4 is 0 Å². The van der Waals surface area contributed by atoms with E-state index in [2.05, 4.69) is 5.10 Å². The van der Waals surface area contributed by atoms with E-state index in [0.717, 1.165) is 18.5 Å². The summed E-state index contributed by atoms with van der Waals surface area (Å²) in [5, 5.41) is 13.3. The SMILES string of the molecule is Cn1nc(CCCO)cc1Cl. The van der Waals surface area contributed by atoms with E-state index in [0.29, 0.717) is 5.15 Å². The summed E-state index contributed by atoms with van der Waals surface area (Å²) < 4.78 is 1.62. The molecule has 1 aromatic heterocycles. The Morgan fingerprint density at radius 1 is 1.73 bits per heavy atom. The minimum absolute atomic E-state index is 0.203. The highest BCUT2D eigenvalue weighted by molar-refractivity contribution is 6.29. The van der Waals surface area contributed by atoms with Crippen LogP contribution in [0.1, 0.15) is 12.1 Å². The van der Waals surface area contributed by atoms with Gasteiger partial charge in [0, 0.05) is 13.7 Å². The van der Waals surface area contributed by atoms with Crippen molar-refractivity contribution in [3.63, 3.8) is 0 Å². The van der Waals surface area contributed by atoms with Crippen LogP contribution in [0, 0.1) is 0 Å². The molecule has 0 bridgehead atoms. The molecule has 0 saturated heterocycles. The summed E-state index contributed by atoms with van der Waals surface area (Å²) in [6, 6.07) is 1.82. The average molecular weight is 175 g/mol. The second-order valence-electron chi connectivity index (χ2n) is 2.41. The highest BCUT2D eigenvalue weighted by Crippen LogP contribution is 2.09. The van der Waals surface area contributed by atoms with Crippen molar-refractivity contribution in [1.82, 2.24) is 9.78 Å². The van der Waals surface area contributed by atoms with Gasteiger partial charge in [0.1, 0.15) is 5.15 Å². The first-order valence-corrected chi connectivity index (χ1v) is 3.91. The van der Waals surface area contributed by atoms with Crippen molar-refractivity contribution >= 4 is 11.6 Å². The molecule has 0 spiro atoms. The summed E-state index contributed by atoms with van der Waals surface area (Å²) in [6.07, 6.45) is 1.53. The van der Waals surface area contributed by atoms with Crippen LogP contribution in [-0.2, 0) is 13.5 Å². The molecular weight excluding hydrogens is 164 g/mol. The molecular formula is C7H11ClN2O. The number of aromatic nitrogens is 2. The standard InChI is InChI=1S/C7H11ClN2O/c1-10-7(8)5-6(9-10)3-2-4-11/h5,11H,2-4H2,1H3. The van der Waals surface area contributed by atoms with Gasteiger partial charge in [0.2, 0.25) is 0 Å². The molecule has 1 N–H and O–H groups in total. The Kier molecular flexibility index (Phi) is 2.91. The molecule has 3 nitrogen and oxygen atoms in total. The first kappa shape index (κ1) is 8.56. The van der Waals surface area contributed by atoms with Crippen LogP contribution in [0.4, 0.5) is 0 Å². The van der Waals surface area contributed by atoms with Crippen molar-refractivity contribution in [3.05, 3.63) is 16.9 Å². The molecule has 1 aromatic rings. The zero-order valence-corrected chi connectivity index (χ0v) is 7.17. The van der Waals surface area contributed by atoms with Gasteiger partial charge in [-0.25, -0.2) is 0 Å². The average Bonchev–Trinajstić information content (AvgIpc) is 2.28. The highest BCUT2D eigenvalue weighted by Gasteiger charge is 2.00. The fraction of sp³-hybridized carbons (Fsp3) is 0.571. The Balaban J connectivity index is 2.58. The summed E-state index contributed by atoms with van der Waals surface area (Å²) in [7, 11) is 1.80. The van der Waals surface area contributed by atoms with Gasteiger partial charge in [0.05, 0.1) is 5.69 Å². The third-order valence-electron chi connectivity index (χ3n) is 1.46. The lowest BCUT2D eigenvalue weighted by Gasteiger charge is -1.90. The topological polar surface area (TPSA) is 38.0 Å². The van der Waals surface area contributed by atoms with Gasteiger partial charge in [-0.15, -0.1) is 0 Å². The second-order valence-corrected chi connectivity index (χ2v) is 2.80. The maximum atomic E-state index is 8.54. The van der Waals surface area contributed by atoms with E-state index in [4.69, 9.17) is 16.7 Å². The zero-order valence-electron chi connectivity index (χ0n) is 6.42.